The second-order valence-corrected chi connectivity index (χ2v) is 5.67. The zero-order chi connectivity index (χ0) is 15.2. The first kappa shape index (κ1) is 15.5. The number of halogens is 1. The lowest BCUT2D eigenvalue weighted by Gasteiger charge is -2.15. The predicted octanol–water partition coefficient (Wildman–Crippen LogP) is 3.44. The molecule has 1 amide bonds. The van der Waals surface area contributed by atoms with E-state index in [0.717, 1.165) is 5.56 Å². The van der Waals surface area contributed by atoms with E-state index < -0.39 is 12.1 Å². The van der Waals surface area contributed by atoms with Crippen LogP contribution in [0.25, 0.3) is 0 Å². The Morgan fingerprint density at radius 1 is 1.29 bits per heavy atom. The lowest BCUT2D eigenvalue weighted by molar-refractivity contribution is -0.147. The van der Waals surface area contributed by atoms with E-state index in [1.165, 1.54) is 11.3 Å². The second kappa shape index (κ2) is 7.24. The number of rotatable bonds is 5. The molecule has 0 radical (unpaired) electrons. The Morgan fingerprint density at radius 2 is 2.05 bits per heavy atom. The summed E-state index contributed by atoms with van der Waals surface area (Å²) in [5, 5.41) is 4.86. The first-order valence-electron chi connectivity index (χ1n) is 6.33. The van der Waals surface area contributed by atoms with Crippen LogP contribution in [0.4, 0.5) is 0 Å². The van der Waals surface area contributed by atoms with Crippen LogP contribution in [0.1, 0.15) is 28.3 Å². The quantitative estimate of drug-likeness (QED) is 0.858. The molecule has 1 N–H and O–H groups in total. The van der Waals surface area contributed by atoms with Gasteiger partial charge in [0.1, 0.15) is 12.6 Å². The molecule has 1 atom stereocenters. The fourth-order valence-electron chi connectivity index (χ4n) is 1.75. The van der Waals surface area contributed by atoms with Crippen molar-refractivity contribution in [3.63, 3.8) is 0 Å². The van der Waals surface area contributed by atoms with Crippen LogP contribution in [0, 0.1) is 0 Å². The van der Waals surface area contributed by atoms with Crippen LogP contribution in [0.3, 0.4) is 0 Å². The summed E-state index contributed by atoms with van der Waals surface area (Å²) in [5.41, 5.74) is 0.733. The molecule has 1 heterocycles. The van der Waals surface area contributed by atoms with Gasteiger partial charge in [0.2, 0.25) is 0 Å². The maximum Gasteiger partial charge on any atom is 0.326 e. The molecule has 0 saturated heterocycles. The van der Waals surface area contributed by atoms with Crippen molar-refractivity contribution in [3.05, 3.63) is 57.2 Å². The van der Waals surface area contributed by atoms with Crippen LogP contribution in [-0.2, 0) is 9.53 Å². The van der Waals surface area contributed by atoms with E-state index in [2.05, 4.69) is 5.32 Å². The van der Waals surface area contributed by atoms with Crippen molar-refractivity contribution in [2.75, 3.05) is 6.54 Å². The third-order valence-corrected chi connectivity index (χ3v) is 4.00. The highest BCUT2D eigenvalue weighted by Crippen LogP contribution is 2.24. The molecule has 2 aromatic rings. The van der Waals surface area contributed by atoms with Gasteiger partial charge in [0, 0.05) is 10.6 Å². The van der Waals surface area contributed by atoms with Crippen molar-refractivity contribution in [2.45, 2.75) is 13.0 Å². The number of thiophene rings is 1. The van der Waals surface area contributed by atoms with Gasteiger partial charge < -0.3 is 10.1 Å². The molecular formula is C15H14ClNO3S. The van der Waals surface area contributed by atoms with E-state index >= 15 is 0 Å². The molecule has 0 spiro atoms. The number of hydrogen-bond donors (Lipinski definition) is 1. The summed E-state index contributed by atoms with van der Waals surface area (Å²) in [6, 6.07) is 10.6. The minimum atomic E-state index is -0.507. The molecule has 1 aromatic carbocycles. The number of benzene rings is 1. The highest BCUT2D eigenvalue weighted by molar-refractivity contribution is 7.12. The van der Waals surface area contributed by atoms with E-state index in [1.54, 1.807) is 36.6 Å². The molecule has 0 bridgehead atoms. The molecule has 4 nitrogen and oxygen atoms in total. The van der Waals surface area contributed by atoms with Crippen molar-refractivity contribution in [2.24, 2.45) is 0 Å². The van der Waals surface area contributed by atoms with Crippen molar-refractivity contribution in [1.29, 1.82) is 0 Å². The first-order chi connectivity index (χ1) is 10.1. The van der Waals surface area contributed by atoms with Gasteiger partial charge in [-0.2, -0.15) is 0 Å². The second-order valence-electron chi connectivity index (χ2n) is 4.31. The molecular weight excluding hydrogens is 310 g/mol. The van der Waals surface area contributed by atoms with Gasteiger partial charge in [0.25, 0.3) is 5.91 Å². The predicted molar refractivity (Wildman–Crippen MR) is 82.6 cm³/mol. The molecule has 0 saturated carbocycles. The third kappa shape index (κ3) is 4.31. The standard InChI is InChI=1S/C15H14ClNO3S/c1-10(11-5-2-3-6-12(11)16)20-14(18)9-17-15(19)13-7-4-8-21-13/h2-8,10H,9H2,1H3,(H,17,19)/t10-/m0/s1. The summed E-state index contributed by atoms with van der Waals surface area (Å²) in [7, 11) is 0. The lowest BCUT2D eigenvalue weighted by Crippen LogP contribution is -2.30. The Labute approximate surface area is 131 Å². The van der Waals surface area contributed by atoms with Crippen molar-refractivity contribution >= 4 is 34.8 Å². The van der Waals surface area contributed by atoms with Gasteiger partial charge in [0.05, 0.1) is 4.88 Å². The molecule has 2 rings (SSSR count). The maximum atomic E-state index is 11.7. The number of nitrogens with one attached hydrogen (secondary N) is 1. The average molecular weight is 324 g/mol. The summed E-state index contributed by atoms with van der Waals surface area (Å²) in [6.07, 6.45) is -0.468. The highest BCUT2D eigenvalue weighted by atomic mass is 35.5. The van der Waals surface area contributed by atoms with Gasteiger partial charge in [-0.05, 0) is 24.4 Å². The van der Waals surface area contributed by atoms with Crippen LogP contribution in [-0.4, -0.2) is 18.4 Å². The minimum absolute atomic E-state index is 0.175. The van der Waals surface area contributed by atoms with E-state index in [1.807, 2.05) is 12.1 Å². The molecule has 0 fully saturated rings. The van der Waals surface area contributed by atoms with Gasteiger partial charge in [0.15, 0.2) is 0 Å². The number of ether oxygens (including phenoxy) is 1. The van der Waals surface area contributed by atoms with Gasteiger partial charge in [-0.15, -0.1) is 11.3 Å². The Morgan fingerprint density at radius 3 is 2.71 bits per heavy atom. The van der Waals surface area contributed by atoms with Gasteiger partial charge in [-0.3, -0.25) is 9.59 Å². The number of hydrogen-bond acceptors (Lipinski definition) is 4. The van der Waals surface area contributed by atoms with Crippen LogP contribution < -0.4 is 5.32 Å². The Balaban J connectivity index is 1.85. The first-order valence-corrected chi connectivity index (χ1v) is 7.59. The smallest absolute Gasteiger partial charge is 0.326 e. The maximum absolute atomic E-state index is 11.7. The van der Waals surface area contributed by atoms with E-state index in [0.29, 0.717) is 9.90 Å². The molecule has 21 heavy (non-hydrogen) atoms. The molecule has 6 heteroatoms. The zero-order valence-corrected chi connectivity index (χ0v) is 12.9. The van der Waals surface area contributed by atoms with Crippen LogP contribution in [0.15, 0.2) is 41.8 Å². The SMILES string of the molecule is C[C@H](OC(=O)CNC(=O)c1cccs1)c1ccccc1Cl. The van der Waals surface area contributed by atoms with Crippen molar-refractivity contribution in [3.8, 4) is 0 Å². The monoisotopic (exact) mass is 323 g/mol. The minimum Gasteiger partial charge on any atom is -0.456 e. The lowest BCUT2D eigenvalue weighted by atomic mass is 10.1. The van der Waals surface area contributed by atoms with Gasteiger partial charge >= 0.3 is 5.97 Å². The summed E-state index contributed by atoms with van der Waals surface area (Å²) in [6.45, 7) is 1.56. The van der Waals surface area contributed by atoms with Gasteiger partial charge in [-0.1, -0.05) is 35.9 Å². The topological polar surface area (TPSA) is 55.4 Å². The van der Waals surface area contributed by atoms with E-state index in [4.69, 9.17) is 16.3 Å². The summed E-state index contributed by atoms with van der Waals surface area (Å²) >= 11 is 7.35. The third-order valence-electron chi connectivity index (χ3n) is 2.79. The van der Waals surface area contributed by atoms with Crippen LogP contribution >= 0.6 is 22.9 Å². The Kier molecular flexibility index (Phi) is 5.36. The normalized spacial score (nSPS) is 11.7. The van der Waals surface area contributed by atoms with Gasteiger partial charge in [-0.25, -0.2) is 0 Å². The number of esters is 1. The fraction of sp³-hybridized carbons (Fsp3) is 0.200. The molecule has 1 aromatic heterocycles. The number of carbonyl (C=O) groups is 2. The number of carbonyl (C=O) groups excluding carboxylic acids is 2. The molecule has 0 unspecified atom stereocenters. The zero-order valence-electron chi connectivity index (χ0n) is 11.3. The summed E-state index contributed by atoms with van der Waals surface area (Å²) < 4.78 is 5.25. The van der Waals surface area contributed by atoms with Crippen molar-refractivity contribution < 1.29 is 14.3 Å². The van der Waals surface area contributed by atoms with Crippen LogP contribution in [0.5, 0.6) is 0 Å². The summed E-state index contributed by atoms with van der Waals surface area (Å²) in [4.78, 5) is 24.0. The molecule has 0 aliphatic heterocycles. The fourth-order valence-corrected chi connectivity index (χ4v) is 2.68. The Hall–Kier alpha value is -1.85. The Bertz CT molecular complexity index is 628. The molecule has 0 aliphatic carbocycles. The van der Waals surface area contributed by atoms with E-state index in [-0.39, 0.29) is 12.5 Å². The van der Waals surface area contributed by atoms with E-state index in [9.17, 15) is 9.59 Å². The van der Waals surface area contributed by atoms with Crippen molar-refractivity contribution in [1.82, 2.24) is 5.32 Å². The number of amides is 1. The highest BCUT2D eigenvalue weighted by Gasteiger charge is 2.15. The van der Waals surface area contributed by atoms with Crippen LogP contribution in [0.2, 0.25) is 5.02 Å². The largest absolute Gasteiger partial charge is 0.456 e. The molecule has 0 aliphatic rings. The molecule has 110 valence electrons. The average Bonchev–Trinajstić information content (AvgIpc) is 2.99. The summed E-state index contributed by atoms with van der Waals surface area (Å²) in [5.74, 6) is -0.792.